The van der Waals surface area contributed by atoms with Gasteiger partial charge in [-0.3, -0.25) is 9.89 Å². The number of halogens is 1. The molecule has 1 amide bonds. The van der Waals surface area contributed by atoms with Gasteiger partial charge in [0.15, 0.2) is 5.82 Å². The number of aromatic nitrogens is 3. The van der Waals surface area contributed by atoms with Gasteiger partial charge in [0.2, 0.25) is 5.91 Å². The van der Waals surface area contributed by atoms with Gasteiger partial charge in [-0.2, -0.15) is 5.10 Å². The number of benzene rings is 1. The van der Waals surface area contributed by atoms with Crippen LogP contribution in [-0.4, -0.2) is 27.6 Å². The predicted molar refractivity (Wildman–Crippen MR) is 109 cm³/mol. The van der Waals surface area contributed by atoms with Gasteiger partial charge in [-0.15, -0.1) is 12.4 Å². The molecule has 1 aromatic heterocycles. The largest absolute Gasteiger partial charge is 0.330 e. The molecule has 27 heavy (non-hydrogen) atoms. The summed E-state index contributed by atoms with van der Waals surface area (Å²) in [6, 6.07) is 7.75. The number of amides is 1. The number of nitrogens with zero attached hydrogens (tertiary/aromatic N) is 2. The van der Waals surface area contributed by atoms with Gasteiger partial charge in [0.1, 0.15) is 5.82 Å². The first kappa shape index (κ1) is 19.8. The van der Waals surface area contributed by atoms with Crippen LogP contribution < -0.4 is 11.1 Å². The van der Waals surface area contributed by atoms with E-state index in [1.165, 1.54) is 32.1 Å². The summed E-state index contributed by atoms with van der Waals surface area (Å²) in [5.41, 5.74) is 7.69. The van der Waals surface area contributed by atoms with Crippen molar-refractivity contribution < 1.29 is 4.79 Å². The van der Waals surface area contributed by atoms with Crippen molar-refractivity contribution in [1.82, 2.24) is 15.2 Å². The molecule has 0 spiro atoms. The molecular formula is C20H28ClN5O. The molecule has 1 heterocycles. The van der Waals surface area contributed by atoms with E-state index in [1.807, 2.05) is 24.3 Å². The van der Waals surface area contributed by atoms with Crippen molar-refractivity contribution >= 4 is 24.0 Å². The zero-order valence-electron chi connectivity index (χ0n) is 15.5. The molecule has 1 aromatic carbocycles. The Bertz CT molecular complexity index is 780. The third-order valence-corrected chi connectivity index (χ3v) is 5.75. The number of aromatic amines is 1. The summed E-state index contributed by atoms with van der Waals surface area (Å²) in [5, 5.41) is 10.4. The summed E-state index contributed by atoms with van der Waals surface area (Å²) >= 11 is 0. The molecule has 0 bridgehead atoms. The lowest BCUT2D eigenvalue weighted by molar-refractivity contribution is -0.118. The van der Waals surface area contributed by atoms with Crippen molar-refractivity contribution in [3.05, 3.63) is 30.1 Å². The zero-order valence-corrected chi connectivity index (χ0v) is 16.4. The van der Waals surface area contributed by atoms with E-state index in [0.29, 0.717) is 24.7 Å². The molecule has 2 aliphatic carbocycles. The number of carbonyl (C=O) groups excluding carboxylic acids is 1. The van der Waals surface area contributed by atoms with Crippen molar-refractivity contribution in [2.45, 2.75) is 57.3 Å². The highest BCUT2D eigenvalue weighted by Gasteiger charge is 2.33. The molecule has 0 unspecified atom stereocenters. The highest BCUT2D eigenvalue weighted by molar-refractivity contribution is 5.91. The van der Waals surface area contributed by atoms with E-state index in [0.717, 1.165) is 29.9 Å². The van der Waals surface area contributed by atoms with Crippen LogP contribution in [0.3, 0.4) is 0 Å². The Morgan fingerprint density at radius 2 is 2.04 bits per heavy atom. The Hall–Kier alpha value is -1.92. The van der Waals surface area contributed by atoms with Crippen LogP contribution in [-0.2, 0) is 4.79 Å². The van der Waals surface area contributed by atoms with Crippen molar-refractivity contribution in [3.8, 4) is 11.4 Å². The Morgan fingerprint density at radius 1 is 1.26 bits per heavy atom. The highest BCUT2D eigenvalue weighted by Crippen LogP contribution is 2.39. The first-order valence-electron chi connectivity index (χ1n) is 9.70. The predicted octanol–water partition coefficient (Wildman–Crippen LogP) is 4.01. The minimum atomic E-state index is -0.0249. The van der Waals surface area contributed by atoms with Gasteiger partial charge in [-0.1, -0.05) is 31.4 Å². The number of nitrogens with two attached hydrogens (primary N) is 1. The number of hydrogen-bond acceptors (Lipinski definition) is 4. The van der Waals surface area contributed by atoms with Gasteiger partial charge in [-0.05, 0) is 49.8 Å². The van der Waals surface area contributed by atoms with Crippen molar-refractivity contribution in [1.29, 1.82) is 0 Å². The molecule has 4 N–H and O–H groups in total. The standard InChI is InChI=1S/C20H27N5O.ClH/c21-13-20(9-2-1-3-10-20)12-17(26)22-16-6-4-5-15(11-16)19-23-18(24-25-19)14-7-8-14;/h4-6,11,14H,1-3,7-10,12-13,21H2,(H,22,26)(H,23,24,25);1H. The monoisotopic (exact) mass is 389 g/mol. The molecule has 0 radical (unpaired) electrons. The van der Waals surface area contributed by atoms with Gasteiger partial charge in [0.25, 0.3) is 0 Å². The van der Waals surface area contributed by atoms with E-state index >= 15 is 0 Å². The molecule has 0 atom stereocenters. The first-order chi connectivity index (χ1) is 12.7. The van der Waals surface area contributed by atoms with Crippen molar-refractivity contribution in [2.75, 3.05) is 11.9 Å². The lowest BCUT2D eigenvalue weighted by Gasteiger charge is -2.35. The second kappa shape index (κ2) is 8.40. The van der Waals surface area contributed by atoms with Crippen LogP contribution in [0.5, 0.6) is 0 Å². The van der Waals surface area contributed by atoms with Crippen LogP contribution in [0, 0.1) is 5.41 Å². The maximum absolute atomic E-state index is 12.6. The fourth-order valence-corrected chi connectivity index (χ4v) is 3.98. The summed E-state index contributed by atoms with van der Waals surface area (Å²) in [5.74, 6) is 2.25. The zero-order chi connectivity index (χ0) is 18.0. The molecule has 4 rings (SSSR count). The van der Waals surface area contributed by atoms with Crippen molar-refractivity contribution in [2.24, 2.45) is 11.1 Å². The Morgan fingerprint density at radius 3 is 2.74 bits per heavy atom. The number of nitrogens with one attached hydrogen (secondary N) is 2. The third kappa shape index (κ3) is 4.68. The molecular weight excluding hydrogens is 362 g/mol. The van der Waals surface area contributed by atoms with Crippen molar-refractivity contribution in [3.63, 3.8) is 0 Å². The van der Waals surface area contributed by atoms with E-state index in [-0.39, 0.29) is 23.7 Å². The maximum Gasteiger partial charge on any atom is 0.224 e. The van der Waals surface area contributed by atoms with Gasteiger partial charge < -0.3 is 11.1 Å². The highest BCUT2D eigenvalue weighted by atomic mass is 35.5. The van der Waals surface area contributed by atoms with E-state index in [9.17, 15) is 4.79 Å². The average Bonchev–Trinajstić information content (AvgIpc) is 3.39. The van der Waals surface area contributed by atoms with Crippen LogP contribution in [0.4, 0.5) is 5.69 Å². The fourth-order valence-electron chi connectivity index (χ4n) is 3.98. The molecule has 2 aromatic rings. The Balaban J connectivity index is 0.00000210. The molecule has 0 saturated heterocycles. The van der Waals surface area contributed by atoms with E-state index < -0.39 is 0 Å². The molecule has 2 fully saturated rings. The molecule has 2 saturated carbocycles. The molecule has 2 aliphatic rings. The minimum Gasteiger partial charge on any atom is -0.330 e. The van der Waals surface area contributed by atoms with Crippen LogP contribution >= 0.6 is 12.4 Å². The van der Waals surface area contributed by atoms with E-state index in [4.69, 9.17) is 5.73 Å². The van der Waals surface area contributed by atoms with Crippen LogP contribution in [0.1, 0.15) is 63.1 Å². The van der Waals surface area contributed by atoms with E-state index in [2.05, 4.69) is 20.5 Å². The lowest BCUT2D eigenvalue weighted by Crippen LogP contribution is -2.36. The minimum absolute atomic E-state index is 0. The third-order valence-electron chi connectivity index (χ3n) is 5.75. The second-order valence-corrected chi connectivity index (χ2v) is 7.89. The maximum atomic E-state index is 12.6. The Labute approximate surface area is 166 Å². The molecule has 6 nitrogen and oxygen atoms in total. The molecule has 146 valence electrons. The number of carbonyl (C=O) groups is 1. The van der Waals surface area contributed by atoms with Gasteiger partial charge in [0.05, 0.1) is 0 Å². The van der Waals surface area contributed by atoms with Crippen LogP contribution in [0.15, 0.2) is 24.3 Å². The molecule has 7 heteroatoms. The number of hydrogen-bond donors (Lipinski definition) is 3. The normalized spacial score (nSPS) is 18.6. The smallest absolute Gasteiger partial charge is 0.224 e. The summed E-state index contributed by atoms with van der Waals surface area (Å²) in [6.07, 6.45) is 8.59. The SMILES string of the molecule is Cl.NCC1(CC(=O)Nc2cccc(-c3n[nH]c(C4CC4)n3)c2)CCCCC1. The fraction of sp³-hybridized carbons (Fsp3) is 0.550. The Kier molecular flexibility index (Phi) is 6.17. The van der Waals surface area contributed by atoms with Gasteiger partial charge in [0, 0.05) is 23.6 Å². The number of anilines is 1. The second-order valence-electron chi connectivity index (χ2n) is 7.89. The quantitative estimate of drug-likeness (QED) is 0.695. The number of rotatable bonds is 6. The summed E-state index contributed by atoms with van der Waals surface area (Å²) < 4.78 is 0. The summed E-state index contributed by atoms with van der Waals surface area (Å²) in [7, 11) is 0. The summed E-state index contributed by atoms with van der Waals surface area (Å²) in [4.78, 5) is 17.2. The van der Waals surface area contributed by atoms with Crippen LogP contribution in [0.25, 0.3) is 11.4 Å². The lowest BCUT2D eigenvalue weighted by atomic mass is 9.71. The summed E-state index contributed by atoms with van der Waals surface area (Å²) in [6.45, 7) is 0.585. The van der Waals surface area contributed by atoms with E-state index in [1.54, 1.807) is 0 Å². The average molecular weight is 390 g/mol. The number of H-pyrrole nitrogens is 1. The first-order valence-corrected chi connectivity index (χ1v) is 9.70. The molecule has 0 aliphatic heterocycles. The topological polar surface area (TPSA) is 96.7 Å². The van der Waals surface area contributed by atoms with Gasteiger partial charge >= 0.3 is 0 Å². The van der Waals surface area contributed by atoms with Crippen LogP contribution in [0.2, 0.25) is 0 Å². The van der Waals surface area contributed by atoms with Gasteiger partial charge in [-0.25, -0.2) is 4.98 Å².